The smallest absolute Gasteiger partial charge is 0.0938 e. The third-order valence-corrected chi connectivity index (χ3v) is 1.70. The third-order valence-electron chi connectivity index (χ3n) is 1.70. The second-order valence-corrected chi connectivity index (χ2v) is 2.50. The van der Waals surface area contributed by atoms with Crippen LogP contribution < -0.4 is 17.0 Å². The van der Waals surface area contributed by atoms with E-state index in [0.717, 1.165) is 11.1 Å². The Morgan fingerprint density at radius 1 is 1.36 bits per heavy atom. The monoisotopic (exact) mass is 151 g/mol. The van der Waals surface area contributed by atoms with Crippen LogP contribution in [-0.2, 0) is 0 Å². The van der Waals surface area contributed by atoms with Crippen LogP contribution in [0.15, 0.2) is 24.3 Å². The van der Waals surface area contributed by atoms with E-state index in [1.54, 1.807) is 0 Å². The van der Waals surface area contributed by atoms with E-state index in [9.17, 15) is 0 Å². The average Bonchev–Trinajstić information content (AvgIpc) is 2.04. The summed E-state index contributed by atoms with van der Waals surface area (Å²) < 4.78 is 0. The molecule has 0 saturated heterocycles. The van der Waals surface area contributed by atoms with E-state index in [0.29, 0.717) is 0 Å². The average molecular weight is 151 g/mol. The molecule has 1 aromatic carbocycles. The highest BCUT2D eigenvalue weighted by Crippen LogP contribution is 2.11. The predicted molar refractivity (Wildman–Crippen MR) is 45.4 cm³/mol. The Morgan fingerprint density at radius 3 is 2.55 bits per heavy atom. The highest BCUT2D eigenvalue weighted by atomic mass is 15.3. The second kappa shape index (κ2) is 3.48. The molecule has 1 rings (SSSR count). The SMILES string of the molecule is Cc1ccccc1C(N)NN. The van der Waals surface area contributed by atoms with Crippen LogP contribution in [0.3, 0.4) is 0 Å². The van der Waals surface area contributed by atoms with Gasteiger partial charge in [-0.25, -0.2) is 5.43 Å². The lowest BCUT2D eigenvalue weighted by Crippen LogP contribution is -2.34. The molecular weight excluding hydrogens is 138 g/mol. The molecular formula is C8H13N3. The van der Waals surface area contributed by atoms with Gasteiger partial charge in [0.05, 0.1) is 6.17 Å². The number of benzene rings is 1. The van der Waals surface area contributed by atoms with E-state index in [1.807, 2.05) is 31.2 Å². The van der Waals surface area contributed by atoms with E-state index in [-0.39, 0.29) is 6.17 Å². The number of nitrogens with two attached hydrogens (primary N) is 2. The van der Waals surface area contributed by atoms with Crippen LogP contribution in [0.25, 0.3) is 0 Å². The van der Waals surface area contributed by atoms with Crippen molar-refractivity contribution >= 4 is 0 Å². The van der Waals surface area contributed by atoms with Gasteiger partial charge in [-0.2, -0.15) is 0 Å². The van der Waals surface area contributed by atoms with Crippen molar-refractivity contribution in [2.24, 2.45) is 11.6 Å². The first-order valence-corrected chi connectivity index (χ1v) is 3.53. The minimum atomic E-state index is -0.267. The van der Waals surface area contributed by atoms with Gasteiger partial charge >= 0.3 is 0 Å². The number of hydrogen-bond donors (Lipinski definition) is 3. The Morgan fingerprint density at radius 2 is 2.00 bits per heavy atom. The second-order valence-electron chi connectivity index (χ2n) is 2.50. The fourth-order valence-corrected chi connectivity index (χ4v) is 1.03. The summed E-state index contributed by atoms with van der Waals surface area (Å²) >= 11 is 0. The first-order chi connectivity index (χ1) is 5.25. The van der Waals surface area contributed by atoms with Gasteiger partial charge < -0.3 is 5.73 Å². The van der Waals surface area contributed by atoms with Crippen molar-refractivity contribution < 1.29 is 0 Å². The molecule has 5 N–H and O–H groups in total. The third kappa shape index (κ3) is 1.77. The fraction of sp³-hybridized carbons (Fsp3) is 0.250. The largest absolute Gasteiger partial charge is 0.311 e. The molecule has 0 bridgehead atoms. The quantitative estimate of drug-likeness (QED) is 0.326. The summed E-state index contributed by atoms with van der Waals surface area (Å²) in [4.78, 5) is 0. The molecule has 0 amide bonds. The molecule has 1 atom stereocenters. The van der Waals surface area contributed by atoms with Crippen LogP contribution in [0.2, 0.25) is 0 Å². The van der Waals surface area contributed by atoms with Gasteiger partial charge in [0.15, 0.2) is 0 Å². The van der Waals surface area contributed by atoms with Gasteiger partial charge in [-0.3, -0.25) is 5.84 Å². The molecule has 60 valence electrons. The van der Waals surface area contributed by atoms with E-state index < -0.39 is 0 Å². The summed E-state index contributed by atoms with van der Waals surface area (Å²) in [6.45, 7) is 2.01. The number of hydrazine groups is 1. The Labute approximate surface area is 66.4 Å². The van der Waals surface area contributed by atoms with Gasteiger partial charge in [-0.15, -0.1) is 0 Å². The molecule has 0 heterocycles. The molecule has 0 aliphatic carbocycles. The van der Waals surface area contributed by atoms with Crippen molar-refractivity contribution in [2.75, 3.05) is 0 Å². The predicted octanol–water partition coefficient (Wildman–Crippen LogP) is 0.416. The zero-order chi connectivity index (χ0) is 8.27. The zero-order valence-electron chi connectivity index (χ0n) is 6.54. The van der Waals surface area contributed by atoms with Crippen LogP contribution in [0, 0.1) is 6.92 Å². The van der Waals surface area contributed by atoms with E-state index in [1.165, 1.54) is 0 Å². The zero-order valence-corrected chi connectivity index (χ0v) is 6.54. The van der Waals surface area contributed by atoms with Gasteiger partial charge in [-0.05, 0) is 18.1 Å². The summed E-state index contributed by atoms with van der Waals surface area (Å²) in [6, 6.07) is 7.88. The summed E-state index contributed by atoms with van der Waals surface area (Å²) in [7, 11) is 0. The highest BCUT2D eigenvalue weighted by Gasteiger charge is 2.03. The summed E-state index contributed by atoms with van der Waals surface area (Å²) in [5.74, 6) is 5.20. The Hall–Kier alpha value is -0.900. The number of rotatable bonds is 2. The molecule has 0 aliphatic rings. The van der Waals surface area contributed by atoms with Gasteiger partial charge in [0.1, 0.15) is 0 Å². The molecule has 1 aromatic rings. The lowest BCUT2D eigenvalue weighted by atomic mass is 10.1. The van der Waals surface area contributed by atoms with Crippen molar-refractivity contribution in [3.05, 3.63) is 35.4 Å². The molecule has 3 nitrogen and oxygen atoms in total. The summed E-state index contributed by atoms with van der Waals surface area (Å²) in [5.41, 5.74) is 10.3. The van der Waals surface area contributed by atoms with Gasteiger partial charge in [0.25, 0.3) is 0 Å². The van der Waals surface area contributed by atoms with E-state index >= 15 is 0 Å². The molecule has 0 saturated carbocycles. The maximum absolute atomic E-state index is 5.66. The fourth-order valence-electron chi connectivity index (χ4n) is 1.03. The minimum absolute atomic E-state index is 0.267. The van der Waals surface area contributed by atoms with Gasteiger partial charge in [0, 0.05) is 0 Å². The molecule has 0 aliphatic heterocycles. The van der Waals surface area contributed by atoms with Crippen molar-refractivity contribution in [1.82, 2.24) is 5.43 Å². The van der Waals surface area contributed by atoms with Crippen molar-refractivity contribution in [2.45, 2.75) is 13.1 Å². The highest BCUT2D eigenvalue weighted by molar-refractivity contribution is 5.27. The van der Waals surface area contributed by atoms with Crippen LogP contribution in [0.4, 0.5) is 0 Å². The summed E-state index contributed by atoms with van der Waals surface area (Å²) in [6.07, 6.45) is -0.267. The Bertz CT molecular complexity index is 235. The van der Waals surface area contributed by atoms with Crippen molar-refractivity contribution in [1.29, 1.82) is 0 Å². The number of hydrogen-bond acceptors (Lipinski definition) is 3. The number of nitrogens with one attached hydrogen (secondary N) is 1. The van der Waals surface area contributed by atoms with Crippen molar-refractivity contribution in [3.8, 4) is 0 Å². The normalized spacial score (nSPS) is 13.0. The Balaban J connectivity index is 2.93. The van der Waals surface area contributed by atoms with Crippen LogP contribution in [0.1, 0.15) is 17.3 Å². The topological polar surface area (TPSA) is 64.1 Å². The maximum atomic E-state index is 5.66. The molecule has 0 radical (unpaired) electrons. The molecule has 3 heteroatoms. The van der Waals surface area contributed by atoms with Crippen molar-refractivity contribution in [3.63, 3.8) is 0 Å². The molecule has 0 fully saturated rings. The lowest BCUT2D eigenvalue weighted by molar-refractivity contribution is 0.574. The molecule has 0 spiro atoms. The van der Waals surface area contributed by atoms with Crippen LogP contribution >= 0.6 is 0 Å². The lowest BCUT2D eigenvalue weighted by Gasteiger charge is -2.12. The number of aryl methyl sites for hydroxylation is 1. The maximum Gasteiger partial charge on any atom is 0.0938 e. The molecule has 0 aromatic heterocycles. The van der Waals surface area contributed by atoms with E-state index in [4.69, 9.17) is 11.6 Å². The van der Waals surface area contributed by atoms with Gasteiger partial charge in [0.2, 0.25) is 0 Å². The van der Waals surface area contributed by atoms with Gasteiger partial charge in [-0.1, -0.05) is 24.3 Å². The van der Waals surface area contributed by atoms with E-state index in [2.05, 4.69) is 5.43 Å². The molecule has 11 heavy (non-hydrogen) atoms. The first kappa shape index (κ1) is 8.20. The Kier molecular flexibility index (Phi) is 2.59. The van der Waals surface area contributed by atoms with Crippen LogP contribution in [0.5, 0.6) is 0 Å². The standard InChI is InChI=1S/C8H13N3/c1-6-4-2-3-5-7(6)8(9)11-10/h2-5,8,11H,9-10H2,1H3. The summed E-state index contributed by atoms with van der Waals surface area (Å²) in [5, 5.41) is 0. The molecule has 1 unspecified atom stereocenters. The first-order valence-electron chi connectivity index (χ1n) is 3.53. The minimum Gasteiger partial charge on any atom is -0.311 e. The van der Waals surface area contributed by atoms with Crippen LogP contribution in [-0.4, -0.2) is 0 Å².